The van der Waals surface area contributed by atoms with Gasteiger partial charge in [-0.05, 0) is 44.2 Å². The van der Waals surface area contributed by atoms with Crippen molar-refractivity contribution in [3.05, 3.63) is 60.0 Å². The lowest BCUT2D eigenvalue weighted by Gasteiger charge is -2.15. The van der Waals surface area contributed by atoms with Gasteiger partial charge in [-0.3, -0.25) is 0 Å². The number of fused-ring (bicyclic) bond motifs is 1. The number of aromatic nitrogens is 1. The Balaban J connectivity index is 1.96. The zero-order valence-electron chi connectivity index (χ0n) is 12.7. The topological polar surface area (TPSA) is 40.2 Å². The normalized spacial score (nSPS) is 11.3. The third-order valence-electron chi connectivity index (χ3n) is 3.70. The first-order valence-electron chi connectivity index (χ1n) is 7.33. The Labute approximate surface area is 129 Å². The molecule has 2 N–H and O–H groups in total. The molecule has 0 fully saturated rings. The summed E-state index contributed by atoms with van der Waals surface area (Å²) in [6.07, 6.45) is 0. The summed E-state index contributed by atoms with van der Waals surface area (Å²) in [5, 5.41) is 1.02. The lowest BCUT2D eigenvalue weighted by molar-refractivity contribution is 0.291. The minimum atomic E-state index is -0.300. The lowest BCUT2D eigenvalue weighted by Crippen LogP contribution is -2.08. The van der Waals surface area contributed by atoms with Gasteiger partial charge in [0.15, 0.2) is 0 Å². The third-order valence-corrected chi connectivity index (χ3v) is 3.70. The number of halogens is 1. The first kappa shape index (κ1) is 14.4. The number of ether oxygens (including phenoxy) is 1. The van der Waals surface area contributed by atoms with Crippen molar-refractivity contribution in [3.8, 4) is 5.75 Å². The summed E-state index contributed by atoms with van der Waals surface area (Å²) in [7, 11) is 0. The molecule has 0 radical (unpaired) electrons. The number of hydrogen-bond acceptors (Lipinski definition) is 2. The highest BCUT2D eigenvalue weighted by atomic mass is 19.1. The number of nitrogens with two attached hydrogens (primary N) is 1. The molecule has 3 rings (SSSR count). The average Bonchev–Trinajstić information content (AvgIpc) is 2.85. The Bertz CT molecular complexity index is 808. The van der Waals surface area contributed by atoms with E-state index in [1.807, 2.05) is 18.2 Å². The molecule has 0 amide bonds. The van der Waals surface area contributed by atoms with Crippen molar-refractivity contribution in [2.75, 3.05) is 5.73 Å². The molecule has 0 saturated carbocycles. The molecule has 114 valence electrons. The van der Waals surface area contributed by atoms with E-state index >= 15 is 0 Å². The standard InChI is InChI=1S/C18H19FN2O/c1-12(2)21-14(10-16-17(20)7-4-8-18(16)21)11-22-15-6-3-5-13(19)9-15/h3-10,12H,11,20H2,1-2H3. The van der Waals surface area contributed by atoms with Crippen LogP contribution in [0.5, 0.6) is 5.75 Å². The predicted octanol–water partition coefficient (Wildman–Crippen LogP) is 4.52. The molecule has 0 aliphatic heterocycles. The van der Waals surface area contributed by atoms with Gasteiger partial charge in [-0.1, -0.05) is 12.1 Å². The van der Waals surface area contributed by atoms with E-state index in [4.69, 9.17) is 10.5 Å². The fourth-order valence-corrected chi connectivity index (χ4v) is 2.76. The van der Waals surface area contributed by atoms with Crippen molar-refractivity contribution in [1.29, 1.82) is 0 Å². The van der Waals surface area contributed by atoms with Gasteiger partial charge in [0.05, 0.1) is 11.2 Å². The van der Waals surface area contributed by atoms with E-state index in [1.54, 1.807) is 12.1 Å². The van der Waals surface area contributed by atoms with Crippen LogP contribution in [0.15, 0.2) is 48.5 Å². The zero-order valence-corrected chi connectivity index (χ0v) is 12.7. The highest BCUT2D eigenvalue weighted by Gasteiger charge is 2.13. The van der Waals surface area contributed by atoms with Crippen molar-refractivity contribution in [1.82, 2.24) is 4.57 Å². The van der Waals surface area contributed by atoms with Gasteiger partial charge in [0, 0.05) is 23.2 Å². The fourth-order valence-electron chi connectivity index (χ4n) is 2.76. The fraction of sp³-hybridized carbons (Fsp3) is 0.222. The summed E-state index contributed by atoms with van der Waals surface area (Å²) in [6, 6.07) is 14.4. The summed E-state index contributed by atoms with van der Waals surface area (Å²) in [5.74, 6) is 0.222. The molecule has 1 aromatic heterocycles. The van der Waals surface area contributed by atoms with Crippen LogP contribution in [0.25, 0.3) is 10.9 Å². The summed E-state index contributed by atoms with van der Waals surface area (Å²) >= 11 is 0. The number of nitrogen functional groups attached to an aromatic ring is 1. The van der Waals surface area contributed by atoms with Crippen LogP contribution in [0.2, 0.25) is 0 Å². The number of rotatable bonds is 4. The molecule has 0 aliphatic rings. The van der Waals surface area contributed by atoms with E-state index in [-0.39, 0.29) is 11.9 Å². The molecule has 0 unspecified atom stereocenters. The Morgan fingerprint density at radius 2 is 1.91 bits per heavy atom. The Hall–Kier alpha value is -2.49. The van der Waals surface area contributed by atoms with Crippen molar-refractivity contribution in [2.45, 2.75) is 26.5 Å². The second-order valence-electron chi connectivity index (χ2n) is 5.63. The maximum atomic E-state index is 13.2. The molecule has 0 bridgehead atoms. The van der Waals surface area contributed by atoms with E-state index in [0.717, 1.165) is 22.3 Å². The number of benzene rings is 2. The molecule has 0 spiro atoms. The molecule has 0 aliphatic carbocycles. The Morgan fingerprint density at radius 1 is 1.14 bits per heavy atom. The summed E-state index contributed by atoms with van der Waals surface area (Å²) < 4.78 is 21.1. The quantitative estimate of drug-likeness (QED) is 0.719. The molecule has 4 heteroatoms. The Kier molecular flexibility index (Phi) is 3.75. The number of hydrogen-bond donors (Lipinski definition) is 1. The second kappa shape index (κ2) is 5.72. The van der Waals surface area contributed by atoms with Crippen LogP contribution in [0.3, 0.4) is 0 Å². The maximum absolute atomic E-state index is 13.2. The van der Waals surface area contributed by atoms with Crippen LogP contribution in [0.4, 0.5) is 10.1 Å². The molecule has 0 saturated heterocycles. The highest BCUT2D eigenvalue weighted by Crippen LogP contribution is 2.29. The highest BCUT2D eigenvalue weighted by molar-refractivity contribution is 5.92. The summed E-state index contributed by atoms with van der Waals surface area (Å²) in [6.45, 7) is 4.61. The van der Waals surface area contributed by atoms with E-state index < -0.39 is 0 Å². The lowest BCUT2D eigenvalue weighted by atomic mass is 10.2. The van der Waals surface area contributed by atoms with Gasteiger partial charge in [-0.25, -0.2) is 4.39 Å². The van der Waals surface area contributed by atoms with E-state index in [1.165, 1.54) is 12.1 Å². The number of anilines is 1. The summed E-state index contributed by atoms with van der Waals surface area (Å²) in [5.41, 5.74) is 8.93. The second-order valence-corrected chi connectivity index (χ2v) is 5.63. The van der Waals surface area contributed by atoms with Crippen LogP contribution >= 0.6 is 0 Å². The average molecular weight is 298 g/mol. The summed E-state index contributed by atoms with van der Waals surface area (Å²) in [4.78, 5) is 0. The van der Waals surface area contributed by atoms with Crippen LogP contribution in [0, 0.1) is 5.82 Å². The smallest absolute Gasteiger partial charge is 0.128 e. The van der Waals surface area contributed by atoms with Crippen LogP contribution in [-0.4, -0.2) is 4.57 Å². The molecule has 3 nitrogen and oxygen atoms in total. The minimum Gasteiger partial charge on any atom is -0.487 e. The van der Waals surface area contributed by atoms with E-state index in [2.05, 4.69) is 24.5 Å². The first-order chi connectivity index (χ1) is 10.6. The minimum absolute atomic E-state index is 0.283. The van der Waals surface area contributed by atoms with Gasteiger partial charge in [0.1, 0.15) is 18.2 Å². The largest absolute Gasteiger partial charge is 0.487 e. The monoisotopic (exact) mass is 298 g/mol. The van der Waals surface area contributed by atoms with E-state index in [9.17, 15) is 4.39 Å². The molecule has 1 heterocycles. The van der Waals surface area contributed by atoms with Gasteiger partial charge in [0.25, 0.3) is 0 Å². The van der Waals surface area contributed by atoms with Gasteiger partial charge < -0.3 is 15.0 Å². The van der Waals surface area contributed by atoms with Crippen molar-refractivity contribution < 1.29 is 9.13 Å². The zero-order chi connectivity index (χ0) is 15.7. The van der Waals surface area contributed by atoms with Crippen LogP contribution in [0.1, 0.15) is 25.6 Å². The molecule has 3 aromatic rings. The SMILES string of the molecule is CC(C)n1c(COc2cccc(F)c2)cc2c(N)cccc21. The Morgan fingerprint density at radius 3 is 2.64 bits per heavy atom. The number of nitrogens with zero attached hydrogens (tertiary/aromatic N) is 1. The van der Waals surface area contributed by atoms with Crippen LogP contribution < -0.4 is 10.5 Å². The van der Waals surface area contributed by atoms with E-state index in [0.29, 0.717) is 12.4 Å². The third kappa shape index (κ3) is 2.64. The first-order valence-corrected chi connectivity index (χ1v) is 7.33. The molecule has 2 aromatic carbocycles. The van der Waals surface area contributed by atoms with Crippen molar-refractivity contribution in [2.24, 2.45) is 0 Å². The van der Waals surface area contributed by atoms with Gasteiger partial charge in [-0.15, -0.1) is 0 Å². The molecule has 22 heavy (non-hydrogen) atoms. The van der Waals surface area contributed by atoms with Crippen LogP contribution in [-0.2, 0) is 6.61 Å². The van der Waals surface area contributed by atoms with Crippen molar-refractivity contribution >= 4 is 16.6 Å². The van der Waals surface area contributed by atoms with Gasteiger partial charge in [0.2, 0.25) is 0 Å². The van der Waals surface area contributed by atoms with Gasteiger partial charge in [-0.2, -0.15) is 0 Å². The molecular weight excluding hydrogens is 279 g/mol. The molecule has 0 atom stereocenters. The van der Waals surface area contributed by atoms with Crippen molar-refractivity contribution in [3.63, 3.8) is 0 Å². The predicted molar refractivity (Wildman–Crippen MR) is 87.5 cm³/mol. The van der Waals surface area contributed by atoms with Gasteiger partial charge >= 0.3 is 0 Å². The molecular formula is C18H19FN2O. The maximum Gasteiger partial charge on any atom is 0.128 e.